The standard InChI is InChI=1S/2C7H14O8.Ca/c2*8-1-2(9)3(10)4(11)5(12)6(13)7(14)15;/h2*2-6,8-13H,1H2,(H,14,15);/q;;+2/p-2/t2*2-,3-,4+,5-,6-;/m11./s1. The summed E-state index contributed by atoms with van der Waals surface area (Å²) in [6.07, 6.45) is -21.0. The van der Waals surface area contributed by atoms with Crippen LogP contribution in [0.2, 0.25) is 0 Å². The van der Waals surface area contributed by atoms with Crippen molar-refractivity contribution in [1.29, 1.82) is 0 Å². The van der Waals surface area contributed by atoms with E-state index in [1.807, 2.05) is 0 Å². The minimum absolute atomic E-state index is 0. The minimum Gasteiger partial charge on any atom is -0.547 e. The molecule has 0 aliphatic rings. The number of rotatable bonds is 12. The van der Waals surface area contributed by atoms with E-state index in [1.54, 1.807) is 0 Å². The average molecular weight is 490 g/mol. The van der Waals surface area contributed by atoms with Crippen LogP contribution in [-0.4, -0.2) is 185 Å². The molecule has 0 heterocycles. The number of carbonyl (C=O) groups is 2. The van der Waals surface area contributed by atoms with E-state index in [9.17, 15) is 19.8 Å². The van der Waals surface area contributed by atoms with E-state index in [2.05, 4.69) is 0 Å². The molecular formula is C14H26CaO16. The molecule has 180 valence electrons. The second-order valence-corrected chi connectivity index (χ2v) is 5.97. The summed E-state index contributed by atoms with van der Waals surface area (Å²) in [5.74, 6) is -4.07. The smallest absolute Gasteiger partial charge is 0.547 e. The molecule has 0 aromatic carbocycles. The Morgan fingerprint density at radius 3 is 0.903 bits per heavy atom. The Labute approximate surface area is 204 Å². The zero-order chi connectivity index (χ0) is 24.3. The zero-order valence-corrected chi connectivity index (χ0v) is 18.1. The Kier molecular flexibility index (Phi) is 19.6. The van der Waals surface area contributed by atoms with Crippen LogP contribution >= 0.6 is 0 Å². The summed E-state index contributed by atoms with van der Waals surface area (Å²) in [6, 6.07) is 0. The van der Waals surface area contributed by atoms with Crippen molar-refractivity contribution in [1.82, 2.24) is 0 Å². The molecule has 0 saturated carbocycles. The fourth-order valence-electron chi connectivity index (χ4n) is 1.73. The van der Waals surface area contributed by atoms with Gasteiger partial charge >= 0.3 is 37.7 Å². The van der Waals surface area contributed by atoms with Crippen LogP contribution in [0.5, 0.6) is 0 Å². The van der Waals surface area contributed by atoms with Crippen molar-refractivity contribution in [2.45, 2.75) is 61.0 Å². The van der Waals surface area contributed by atoms with Crippen molar-refractivity contribution < 1.29 is 81.1 Å². The van der Waals surface area contributed by atoms with Crippen LogP contribution in [-0.2, 0) is 9.59 Å². The average Bonchev–Trinajstić information content (AvgIpc) is 2.73. The molecule has 0 rings (SSSR count). The molecule has 0 fully saturated rings. The van der Waals surface area contributed by atoms with Gasteiger partial charge in [0.2, 0.25) is 0 Å². The molecule has 0 aliphatic heterocycles. The molecule has 0 unspecified atom stereocenters. The largest absolute Gasteiger partial charge is 2.00 e. The van der Waals surface area contributed by atoms with E-state index in [4.69, 9.17) is 61.3 Å². The first-order valence-electron chi connectivity index (χ1n) is 8.09. The summed E-state index contributed by atoms with van der Waals surface area (Å²) in [5.41, 5.74) is 0. The summed E-state index contributed by atoms with van der Waals surface area (Å²) in [5, 5.41) is 126. The van der Waals surface area contributed by atoms with Gasteiger partial charge in [-0.1, -0.05) is 0 Å². The maximum Gasteiger partial charge on any atom is 2.00 e. The second kappa shape index (κ2) is 17.2. The van der Waals surface area contributed by atoms with E-state index >= 15 is 0 Å². The third kappa shape index (κ3) is 11.9. The second-order valence-electron chi connectivity index (χ2n) is 5.97. The van der Waals surface area contributed by atoms with E-state index < -0.39 is 86.2 Å². The fraction of sp³-hybridized carbons (Fsp3) is 0.857. The van der Waals surface area contributed by atoms with Gasteiger partial charge in [0.25, 0.3) is 0 Å². The molecule has 10 atom stereocenters. The van der Waals surface area contributed by atoms with Crippen molar-refractivity contribution in [2.24, 2.45) is 0 Å². The third-order valence-corrected chi connectivity index (χ3v) is 3.69. The summed E-state index contributed by atoms with van der Waals surface area (Å²) in [6.45, 7) is -1.79. The fourth-order valence-corrected chi connectivity index (χ4v) is 1.73. The molecule has 0 spiro atoms. The zero-order valence-electron chi connectivity index (χ0n) is 15.9. The Balaban J connectivity index is -0.000000490. The Morgan fingerprint density at radius 1 is 0.516 bits per heavy atom. The van der Waals surface area contributed by atoms with Crippen LogP contribution in [0.4, 0.5) is 0 Å². The number of carboxylic acid groups (broad SMARTS) is 2. The van der Waals surface area contributed by atoms with Gasteiger partial charge in [-0.05, 0) is 0 Å². The summed E-state index contributed by atoms with van der Waals surface area (Å²) < 4.78 is 0. The maximum atomic E-state index is 10.1. The van der Waals surface area contributed by atoms with Gasteiger partial charge in [0, 0.05) is 0 Å². The predicted molar refractivity (Wildman–Crippen MR) is 90.0 cm³/mol. The molecule has 0 saturated heterocycles. The predicted octanol–water partition coefficient (Wildman–Crippen LogP) is -11.3. The summed E-state index contributed by atoms with van der Waals surface area (Å²) >= 11 is 0. The Hall–Kier alpha value is -0.280. The van der Waals surface area contributed by atoms with Gasteiger partial charge in [-0.2, -0.15) is 0 Å². The van der Waals surface area contributed by atoms with Crippen LogP contribution < -0.4 is 10.2 Å². The summed E-state index contributed by atoms with van der Waals surface area (Å²) in [4.78, 5) is 20.2. The first-order chi connectivity index (χ1) is 13.6. The minimum atomic E-state index is -2.40. The SMILES string of the molecule is O=C([O-])[C@H](O)[C@H](O)[C@@H](O)[C@H](O)[C@H](O)CO.O=C([O-])[C@H](O)[C@H](O)[C@@H](O)[C@H](O)[C@H](O)CO.[Ca+2]. The number of hydrogen-bond acceptors (Lipinski definition) is 16. The van der Waals surface area contributed by atoms with Crippen molar-refractivity contribution >= 4 is 49.7 Å². The molecule has 0 aromatic rings. The number of carbonyl (C=O) groups excluding carboxylic acids is 2. The number of aliphatic carboxylic acids is 2. The number of aliphatic hydroxyl groups excluding tert-OH is 12. The first-order valence-corrected chi connectivity index (χ1v) is 8.09. The van der Waals surface area contributed by atoms with Crippen LogP contribution in [0.25, 0.3) is 0 Å². The van der Waals surface area contributed by atoms with Crippen molar-refractivity contribution in [3.8, 4) is 0 Å². The number of aliphatic hydroxyl groups is 12. The van der Waals surface area contributed by atoms with E-state index in [1.165, 1.54) is 0 Å². The quantitative estimate of drug-likeness (QED) is 0.113. The van der Waals surface area contributed by atoms with Gasteiger partial charge in [-0.3, -0.25) is 0 Å². The molecule has 0 aliphatic carbocycles. The van der Waals surface area contributed by atoms with E-state index in [-0.39, 0.29) is 37.7 Å². The van der Waals surface area contributed by atoms with Crippen LogP contribution in [0.1, 0.15) is 0 Å². The molecule has 12 N–H and O–H groups in total. The topological polar surface area (TPSA) is 323 Å². The van der Waals surface area contributed by atoms with Crippen molar-refractivity contribution in [3.05, 3.63) is 0 Å². The molecule has 0 radical (unpaired) electrons. The number of hydrogen-bond donors (Lipinski definition) is 12. The summed E-state index contributed by atoms with van der Waals surface area (Å²) in [7, 11) is 0. The van der Waals surface area contributed by atoms with Gasteiger partial charge in [0.15, 0.2) is 0 Å². The monoisotopic (exact) mass is 490 g/mol. The first kappa shape index (κ1) is 35.3. The molecule has 0 amide bonds. The van der Waals surface area contributed by atoms with Gasteiger partial charge in [-0.25, -0.2) is 0 Å². The van der Waals surface area contributed by atoms with Crippen LogP contribution in [0.3, 0.4) is 0 Å². The van der Waals surface area contributed by atoms with E-state index in [0.29, 0.717) is 0 Å². The van der Waals surface area contributed by atoms with Crippen LogP contribution in [0, 0.1) is 0 Å². The molecule has 0 aromatic heterocycles. The van der Waals surface area contributed by atoms with E-state index in [0.717, 1.165) is 0 Å². The van der Waals surface area contributed by atoms with Crippen LogP contribution in [0.15, 0.2) is 0 Å². The molecule has 0 bridgehead atoms. The van der Waals surface area contributed by atoms with Crippen molar-refractivity contribution in [2.75, 3.05) is 13.2 Å². The molecule has 17 heteroatoms. The van der Waals surface area contributed by atoms with Gasteiger partial charge < -0.3 is 81.1 Å². The molecular weight excluding hydrogens is 464 g/mol. The van der Waals surface area contributed by atoms with Gasteiger partial charge in [-0.15, -0.1) is 0 Å². The molecule has 31 heavy (non-hydrogen) atoms. The van der Waals surface area contributed by atoms with Crippen molar-refractivity contribution in [3.63, 3.8) is 0 Å². The number of carboxylic acids is 2. The maximum absolute atomic E-state index is 10.1. The van der Waals surface area contributed by atoms with Gasteiger partial charge in [0.1, 0.15) is 61.0 Å². The molecule has 16 nitrogen and oxygen atoms in total. The Morgan fingerprint density at radius 2 is 0.742 bits per heavy atom. The third-order valence-electron chi connectivity index (χ3n) is 3.69. The van der Waals surface area contributed by atoms with Gasteiger partial charge in [0.05, 0.1) is 25.2 Å². The Bertz CT molecular complexity index is 465. The normalized spacial score (nSPS) is 20.8.